The second kappa shape index (κ2) is 8.05. The molecule has 152 valence electrons. The van der Waals surface area contributed by atoms with E-state index in [4.69, 9.17) is 11.6 Å². The number of fused-ring (bicyclic) bond motifs is 1. The van der Waals surface area contributed by atoms with Crippen LogP contribution in [0, 0.1) is 0 Å². The van der Waals surface area contributed by atoms with Crippen LogP contribution in [0.1, 0.15) is 37.9 Å². The molecule has 4 rings (SSSR count). The lowest BCUT2D eigenvalue weighted by Crippen LogP contribution is -2.14. The van der Waals surface area contributed by atoms with Crippen molar-refractivity contribution in [1.29, 1.82) is 0 Å². The molecule has 5 heteroatoms. The second-order valence-electron chi connectivity index (χ2n) is 8.00. The van der Waals surface area contributed by atoms with Gasteiger partial charge in [-0.1, -0.05) is 41.9 Å². The lowest BCUT2D eigenvalue weighted by molar-refractivity contribution is 0.0786. The van der Waals surface area contributed by atoms with Crippen molar-refractivity contribution >= 4 is 28.2 Å². The minimum absolute atomic E-state index is 0.0609. The van der Waals surface area contributed by atoms with E-state index in [2.05, 4.69) is 34.3 Å². The fourth-order valence-corrected chi connectivity index (χ4v) is 3.72. The number of aromatic nitrogens is 2. The Bertz CT molecular complexity index is 1170. The highest BCUT2D eigenvalue weighted by atomic mass is 35.5. The minimum atomic E-state index is -0.862. The van der Waals surface area contributed by atoms with Crippen molar-refractivity contribution in [3.8, 4) is 11.1 Å². The van der Waals surface area contributed by atoms with Crippen molar-refractivity contribution in [1.82, 2.24) is 9.97 Å². The first kappa shape index (κ1) is 20.3. The molecule has 4 nitrogen and oxygen atoms in total. The Morgan fingerprint density at radius 3 is 2.30 bits per heavy atom. The molecule has 0 aliphatic rings. The summed E-state index contributed by atoms with van der Waals surface area (Å²) in [5, 5.41) is 15.3. The van der Waals surface area contributed by atoms with Crippen LogP contribution in [0.4, 0.5) is 5.69 Å². The van der Waals surface area contributed by atoms with E-state index in [-0.39, 0.29) is 6.04 Å². The predicted octanol–water partition coefficient (Wildman–Crippen LogP) is 6.35. The highest BCUT2D eigenvalue weighted by Crippen LogP contribution is 2.35. The zero-order valence-electron chi connectivity index (χ0n) is 17.2. The van der Waals surface area contributed by atoms with E-state index in [9.17, 15) is 5.11 Å². The van der Waals surface area contributed by atoms with Crippen LogP contribution < -0.4 is 5.32 Å². The third kappa shape index (κ3) is 4.16. The van der Waals surface area contributed by atoms with Crippen LogP contribution in [0.25, 0.3) is 22.0 Å². The molecule has 0 saturated heterocycles. The van der Waals surface area contributed by atoms with Crippen molar-refractivity contribution in [3.63, 3.8) is 0 Å². The lowest BCUT2D eigenvalue weighted by Gasteiger charge is -2.19. The molecule has 0 fully saturated rings. The molecule has 1 atom stereocenters. The fourth-order valence-electron chi connectivity index (χ4n) is 3.52. The third-order valence-electron chi connectivity index (χ3n) is 5.31. The highest BCUT2D eigenvalue weighted by Gasteiger charge is 2.16. The Kier molecular flexibility index (Phi) is 5.46. The normalized spacial score (nSPS) is 12.7. The van der Waals surface area contributed by atoms with Crippen LogP contribution in [0.3, 0.4) is 0 Å². The molecule has 0 radical (unpaired) electrons. The Labute approximate surface area is 181 Å². The number of benzene rings is 2. The second-order valence-corrected chi connectivity index (χ2v) is 8.40. The zero-order chi connectivity index (χ0) is 21.3. The SMILES string of the molecule is CC(Nc1c(Cl)cnc2ccc(-c3ccc(C(C)(C)O)cc3)cc12)c1ccncc1. The van der Waals surface area contributed by atoms with Gasteiger partial charge in [0.1, 0.15) is 0 Å². The number of aliphatic hydroxyl groups is 1. The van der Waals surface area contributed by atoms with E-state index in [0.717, 1.165) is 38.8 Å². The third-order valence-corrected chi connectivity index (χ3v) is 5.60. The molecule has 0 amide bonds. The molecule has 0 bridgehead atoms. The van der Waals surface area contributed by atoms with Gasteiger partial charge in [-0.2, -0.15) is 0 Å². The maximum Gasteiger partial charge on any atom is 0.0840 e. The van der Waals surface area contributed by atoms with Crippen LogP contribution in [-0.4, -0.2) is 15.1 Å². The first-order valence-electron chi connectivity index (χ1n) is 9.91. The number of hydrogen-bond acceptors (Lipinski definition) is 4. The summed E-state index contributed by atoms with van der Waals surface area (Å²) in [6.07, 6.45) is 5.26. The van der Waals surface area contributed by atoms with E-state index in [0.29, 0.717) is 5.02 Å². The molecular formula is C25H24ClN3O. The van der Waals surface area contributed by atoms with Gasteiger partial charge in [0.15, 0.2) is 0 Å². The molecule has 1 unspecified atom stereocenters. The molecule has 0 aliphatic carbocycles. The summed E-state index contributed by atoms with van der Waals surface area (Å²) in [5.74, 6) is 0. The number of anilines is 1. The molecule has 2 heterocycles. The number of nitrogens with zero attached hydrogens (tertiary/aromatic N) is 2. The summed E-state index contributed by atoms with van der Waals surface area (Å²) >= 11 is 6.54. The van der Waals surface area contributed by atoms with Crippen LogP contribution >= 0.6 is 11.6 Å². The van der Waals surface area contributed by atoms with Gasteiger partial charge in [0.25, 0.3) is 0 Å². The Morgan fingerprint density at radius 2 is 1.63 bits per heavy atom. The van der Waals surface area contributed by atoms with Crippen molar-refractivity contribution in [2.75, 3.05) is 5.32 Å². The highest BCUT2D eigenvalue weighted by molar-refractivity contribution is 6.34. The van der Waals surface area contributed by atoms with Gasteiger partial charge in [0, 0.05) is 30.0 Å². The first-order valence-corrected chi connectivity index (χ1v) is 10.3. The summed E-state index contributed by atoms with van der Waals surface area (Å²) in [5.41, 5.74) is 5.02. The molecule has 2 aromatic carbocycles. The largest absolute Gasteiger partial charge is 0.386 e. The van der Waals surface area contributed by atoms with Crippen LogP contribution in [0.2, 0.25) is 5.02 Å². The van der Waals surface area contributed by atoms with Gasteiger partial charge >= 0.3 is 0 Å². The molecule has 0 saturated carbocycles. The van der Waals surface area contributed by atoms with Gasteiger partial charge in [-0.15, -0.1) is 0 Å². The number of pyridine rings is 2. The predicted molar refractivity (Wildman–Crippen MR) is 124 cm³/mol. The molecule has 30 heavy (non-hydrogen) atoms. The summed E-state index contributed by atoms with van der Waals surface area (Å²) in [4.78, 5) is 8.58. The number of hydrogen-bond donors (Lipinski definition) is 2. The number of rotatable bonds is 5. The zero-order valence-corrected chi connectivity index (χ0v) is 18.0. The van der Waals surface area contributed by atoms with Gasteiger partial charge < -0.3 is 10.4 Å². The van der Waals surface area contributed by atoms with E-state index in [1.54, 1.807) is 32.4 Å². The lowest BCUT2D eigenvalue weighted by atomic mass is 9.95. The minimum Gasteiger partial charge on any atom is -0.386 e. The van der Waals surface area contributed by atoms with Crippen LogP contribution in [0.15, 0.2) is 73.2 Å². The number of nitrogens with one attached hydrogen (secondary N) is 1. The maximum atomic E-state index is 10.2. The van der Waals surface area contributed by atoms with E-state index < -0.39 is 5.60 Å². The topological polar surface area (TPSA) is 58.0 Å². The number of halogens is 1. The van der Waals surface area contributed by atoms with Gasteiger partial charge in [-0.05, 0) is 67.3 Å². The average Bonchev–Trinajstić information content (AvgIpc) is 2.75. The smallest absolute Gasteiger partial charge is 0.0840 e. The maximum absolute atomic E-state index is 10.2. The van der Waals surface area contributed by atoms with Crippen molar-refractivity contribution in [3.05, 3.63) is 89.3 Å². The van der Waals surface area contributed by atoms with Crippen LogP contribution in [-0.2, 0) is 5.60 Å². The standard InChI is InChI=1S/C25H24ClN3O/c1-16(17-10-12-27-13-11-17)29-24-21-14-19(6-9-23(21)28-15-22(24)26)18-4-7-20(8-5-18)25(2,3)30/h4-16,30H,1-3H3,(H,28,29). The van der Waals surface area contributed by atoms with Gasteiger partial charge in [-0.3, -0.25) is 9.97 Å². The molecule has 0 aliphatic heterocycles. The Hall–Kier alpha value is -2.95. The summed E-state index contributed by atoms with van der Waals surface area (Å²) in [6, 6.07) is 18.2. The Morgan fingerprint density at radius 1 is 0.967 bits per heavy atom. The summed E-state index contributed by atoms with van der Waals surface area (Å²) in [7, 11) is 0. The average molecular weight is 418 g/mol. The van der Waals surface area contributed by atoms with Crippen molar-refractivity contribution < 1.29 is 5.11 Å². The summed E-state index contributed by atoms with van der Waals surface area (Å²) in [6.45, 7) is 5.67. The monoisotopic (exact) mass is 417 g/mol. The van der Waals surface area contributed by atoms with Gasteiger partial charge in [0.2, 0.25) is 0 Å². The molecule has 2 aromatic heterocycles. The molecule has 2 N–H and O–H groups in total. The van der Waals surface area contributed by atoms with E-state index >= 15 is 0 Å². The fraction of sp³-hybridized carbons (Fsp3) is 0.200. The molecule has 0 spiro atoms. The Balaban J connectivity index is 1.74. The van der Waals surface area contributed by atoms with Gasteiger partial charge in [-0.25, -0.2) is 0 Å². The molecular weight excluding hydrogens is 394 g/mol. The van der Waals surface area contributed by atoms with Crippen molar-refractivity contribution in [2.24, 2.45) is 0 Å². The molecule has 4 aromatic rings. The van der Waals surface area contributed by atoms with Gasteiger partial charge in [0.05, 0.1) is 21.8 Å². The summed E-state index contributed by atoms with van der Waals surface area (Å²) < 4.78 is 0. The van der Waals surface area contributed by atoms with Crippen LogP contribution in [0.5, 0.6) is 0 Å². The van der Waals surface area contributed by atoms with Crippen molar-refractivity contribution in [2.45, 2.75) is 32.4 Å². The van der Waals surface area contributed by atoms with E-state index in [1.807, 2.05) is 42.5 Å². The quantitative estimate of drug-likeness (QED) is 0.397. The first-order chi connectivity index (χ1) is 14.3. The van der Waals surface area contributed by atoms with E-state index in [1.165, 1.54) is 0 Å².